The fourth-order valence-electron chi connectivity index (χ4n) is 2.47. The van der Waals surface area contributed by atoms with Gasteiger partial charge in [-0.3, -0.25) is 0 Å². The van der Waals surface area contributed by atoms with Crippen LogP contribution < -0.4 is 4.74 Å². The van der Waals surface area contributed by atoms with Crippen molar-refractivity contribution in [3.63, 3.8) is 0 Å². The summed E-state index contributed by atoms with van der Waals surface area (Å²) in [6.07, 6.45) is 0.962. The Bertz CT molecular complexity index is 367. The first-order valence-electron chi connectivity index (χ1n) is 6.17. The van der Waals surface area contributed by atoms with Crippen molar-refractivity contribution >= 4 is 6.09 Å². The Kier molecular flexibility index (Phi) is 3.67. The lowest BCUT2D eigenvalue weighted by Gasteiger charge is -2.34. The first kappa shape index (κ1) is 12.0. The van der Waals surface area contributed by atoms with E-state index in [9.17, 15) is 4.79 Å². The third kappa shape index (κ3) is 3.22. The highest BCUT2D eigenvalue weighted by atomic mass is 16.6. The van der Waals surface area contributed by atoms with E-state index in [1.54, 1.807) is 12.1 Å². The van der Waals surface area contributed by atoms with Crippen LogP contribution in [0.2, 0.25) is 0 Å². The number of piperidine rings is 1. The number of hydrogen-bond donors (Lipinski definition) is 0. The van der Waals surface area contributed by atoms with Crippen molar-refractivity contribution in [3.05, 3.63) is 30.3 Å². The zero-order valence-electron chi connectivity index (χ0n) is 10.4. The predicted octanol–water partition coefficient (Wildman–Crippen LogP) is 3.16. The molecule has 0 spiro atoms. The van der Waals surface area contributed by atoms with Crippen LogP contribution in [-0.4, -0.2) is 24.1 Å². The molecule has 17 heavy (non-hydrogen) atoms. The average molecular weight is 233 g/mol. The summed E-state index contributed by atoms with van der Waals surface area (Å²) in [6.45, 7) is 5.96. The van der Waals surface area contributed by atoms with Crippen molar-refractivity contribution in [1.29, 1.82) is 0 Å². The van der Waals surface area contributed by atoms with Crippen LogP contribution in [0.25, 0.3) is 0 Å². The molecule has 2 rings (SSSR count). The fourth-order valence-corrected chi connectivity index (χ4v) is 2.47. The van der Waals surface area contributed by atoms with Gasteiger partial charge in [0, 0.05) is 13.1 Å². The second kappa shape index (κ2) is 5.21. The van der Waals surface area contributed by atoms with Gasteiger partial charge in [-0.1, -0.05) is 32.0 Å². The van der Waals surface area contributed by atoms with E-state index in [2.05, 4.69) is 13.8 Å². The Balaban J connectivity index is 1.96. The highest BCUT2D eigenvalue weighted by Crippen LogP contribution is 2.22. The molecule has 0 N–H and O–H groups in total. The van der Waals surface area contributed by atoms with Gasteiger partial charge in [0.25, 0.3) is 0 Å². The van der Waals surface area contributed by atoms with Gasteiger partial charge < -0.3 is 9.64 Å². The maximum Gasteiger partial charge on any atom is 0.415 e. The lowest BCUT2D eigenvalue weighted by atomic mass is 9.92. The molecular formula is C14H19NO2. The van der Waals surface area contributed by atoms with E-state index in [-0.39, 0.29) is 6.09 Å². The van der Waals surface area contributed by atoms with Crippen molar-refractivity contribution in [2.24, 2.45) is 11.8 Å². The van der Waals surface area contributed by atoms with Crippen molar-refractivity contribution in [2.75, 3.05) is 13.1 Å². The monoisotopic (exact) mass is 233 g/mol. The maximum atomic E-state index is 12.0. The van der Waals surface area contributed by atoms with Crippen LogP contribution in [0.5, 0.6) is 5.75 Å². The van der Waals surface area contributed by atoms with Crippen molar-refractivity contribution < 1.29 is 9.53 Å². The molecule has 2 atom stereocenters. The molecule has 0 bridgehead atoms. The number of amides is 1. The normalized spacial score (nSPS) is 24.5. The molecule has 1 aliphatic rings. The number of carbonyl (C=O) groups is 1. The standard InChI is InChI=1S/C14H19NO2/c1-11-8-12(2)10-15(9-11)14(16)17-13-6-4-3-5-7-13/h3-7,11-12H,8-10H2,1-2H3. The van der Waals surface area contributed by atoms with Crippen molar-refractivity contribution in [2.45, 2.75) is 20.3 Å². The Morgan fingerprint density at radius 1 is 1.18 bits per heavy atom. The summed E-state index contributed by atoms with van der Waals surface area (Å²) in [4.78, 5) is 13.8. The molecule has 1 aliphatic heterocycles. The average Bonchev–Trinajstić information content (AvgIpc) is 2.29. The Hall–Kier alpha value is -1.51. The zero-order valence-corrected chi connectivity index (χ0v) is 10.4. The Labute approximate surface area is 102 Å². The molecule has 1 amide bonds. The minimum atomic E-state index is -0.227. The summed E-state index contributed by atoms with van der Waals surface area (Å²) in [5, 5.41) is 0. The molecule has 1 fully saturated rings. The van der Waals surface area contributed by atoms with E-state index in [0.717, 1.165) is 13.1 Å². The third-order valence-corrected chi connectivity index (χ3v) is 3.08. The van der Waals surface area contributed by atoms with Crippen LogP contribution >= 0.6 is 0 Å². The fraction of sp³-hybridized carbons (Fsp3) is 0.500. The summed E-state index contributed by atoms with van der Waals surface area (Å²) in [6, 6.07) is 9.24. The highest BCUT2D eigenvalue weighted by molar-refractivity contribution is 5.70. The lowest BCUT2D eigenvalue weighted by Crippen LogP contribution is -2.43. The number of para-hydroxylation sites is 1. The summed E-state index contributed by atoms with van der Waals surface area (Å²) in [7, 11) is 0. The number of hydrogen-bond acceptors (Lipinski definition) is 2. The van der Waals surface area contributed by atoms with E-state index >= 15 is 0 Å². The Morgan fingerprint density at radius 3 is 2.35 bits per heavy atom. The van der Waals surface area contributed by atoms with Crippen LogP contribution in [0.1, 0.15) is 20.3 Å². The van der Waals surface area contributed by atoms with E-state index in [0.29, 0.717) is 17.6 Å². The number of ether oxygens (including phenoxy) is 1. The maximum absolute atomic E-state index is 12.0. The number of rotatable bonds is 1. The smallest absolute Gasteiger partial charge is 0.410 e. The molecule has 0 aliphatic carbocycles. The van der Waals surface area contributed by atoms with Crippen LogP contribution in [0, 0.1) is 11.8 Å². The highest BCUT2D eigenvalue weighted by Gasteiger charge is 2.26. The molecule has 1 heterocycles. The minimum Gasteiger partial charge on any atom is -0.410 e. The van der Waals surface area contributed by atoms with Gasteiger partial charge in [0.15, 0.2) is 0 Å². The third-order valence-electron chi connectivity index (χ3n) is 3.08. The molecule has 0 radical (unpaired) electrons. The number of benzene rings is 1. The molecule has 3 heteroatoms. The van der Waals surface area contributed by atoms with Crippen molar-refractivity contribution in [1.82, 2.24) is 4.90 Å². The number of carbonyl (C=O) groups excluding carboxylic acids is 1. The van der Waals surface area contributed by atoms with Gasteiger partial charge >= 0.3 is 6.09 Å². The minimum absolute atomic E-state index is 0.227. The van der Waals surface area contributed by atoms with Crippen molar-refractivity contribution in [3.8, 4) is 5.75 Å². The summed E-state index contributed by atoms with van der Waals surface area (Å²) in [5.41, 5.74) is 0. The van der Waals surface area contributed by atoms with E-state index in [1.807, 2.05) is 23.1 Å². The molecule has 3 nitrogen and oxygen atoms in total. The van der Waals surface area contributed by atoms with Crippen LogP contribution in [-0.2, 0) is 0 Å². The van der Waals surface area contributed by atoms with Gasteiger partial charge in [-0.05, 0) is 30.4 Å². The van der Waals surface area contributed by atoms with Gasteiger partial charge in [0.05, 0.1) is 0 Å². The van der Waals surface area contributed by atoms with Gasteiger partial charge in [-0.2, -0.15) is 0 Å². The first-order chi connectivity index (χ1) is 8.15. The zero-order chi connectivity index (χ0) is 12.3. The second-order valence-electron chi connectivity index (χ2n) is 5.03. The summed E-state index contributed by atoms with van der Waals surface area (Å²) in [5.74, 6) is 1.73. The van der Waals surface area contributed by atoms with Crippen LogP contribution in [0.3, 0.4) is 0 Å². The molecule has 0 aromatic heterocycles. The van der Waals surface area contributed by atoms with E-state index < -0.39 is 0 Å². The van der Waals surface area contributed by atoms with Crippen LogP contribution in [0.4, 0.5) is 4.79 Å². The first-order valence-corrected chi connectivity index (χ1v) is 6.17. The summed E-state index contributed by atoms with van der Waals surface area (Å²) < 4.78 is 5.34. The lowest BCUT2D eigenvalue weighted by molar-refractivity contribution is 0.112. The molecule has 1 aromatic carbocycles. The van der Waals surface area contributed by atoms with E-state index in [1.165, 1.54) is 6.42 Å². The topological polar surface area (TPSA) is 29.5 Å². The van der Waals surface area contributed by atoms with Crippen LogP contribution in [0.15, 0.2) is 30.3 Å². The molecule has 0 saturated carbocycles. The summed E-state index contributed by atoms with van der Waals surface area (Å²) >= 11 is 0. The molecule has 1 saturated heterocycles. The second-order valence-corrected chi connectivity index (χ2v) is 5.03. The number of nitrogens with zero attached hydrogens (tertiary/aromatic N) is 1. The van der Waals surface area contributed by atoms with E-state index in [4.69, 9.17) is 4.74 Å². The molecule has 2 unspecified atom stereocenters. The predicted molar refractivity (Wildman–Crippen MR) is 67.0 cm³/mol. The van der Waals surface area contributed by atoms with Gasteiger partial charge in [0.2, 0.25) is 0 Å². The molecular weight excluding hydrogens is 214 g/mol. The number of likely N-dealkylation sites (tertiary alicyclic amines) is 1. The SMILES string of the molecule is CC1CC(C)CN(C(=O)Oc2ccccc2)C1. The van der Waals surface area contributed by atoms with Gasteiger partial charge in [-0.25, -0.2) is 4.79 Å². The largest absolute Gasteiger partial charge is 0.415 e. The van der Waals surface area contributed by atoms with Gasteiger partial charge in [-0.15, -0.1) is 0 Å². The molecule has 92 valence electrons. The molecule has 1 aromatic rings. The Morgan fingerprint density at radius 2 is 1.76 bits per heavy atom. The van der Waals surface area contributed by atoms with Gasteiger partial charge in [0.1, 0.15) is 5.75 Å². The quantitative estimate of drug-likeness (QED) is 0.745.